The van der Waals surface area contributed by atoms with Crippen LogP contribution in [0.1, 0.15) is 41.8 Å². The van der Waals surface area contributed by atoms with E-state index in [-0.39, 0.29) is 5.54 Å². The fraction of sp³-hybridized carbons (Fsp3) is 0.556. The van der Waals surface area contributed by atoms with E-state index < -0.39 is 0 Å². The van der Waals surface area contributed by atoms with Crippen molar-refractivity contribution in [2.24, 2.45) is 0 Å². The van der Waals surface area contributed by atoms with E-state index in [9.17, 15) is 0 Å². The molecule has 1 spiro atoms. The minimum absolute atomic E-state index is 0.0819. The smallest absolute Gasteiger partial charge is 0.161 e. The van der Waals surface area contributed by atoms with Gasteiger partial charge in [-0.25, -0.2) is 4.63 Å². The molecule has 1 aromatic heterocycles. The zero-order valence-electron chi connectivity index (χ0n) is 14.5. The largest absolute Gasteiger partial charge is 0.493 e. The third-order valence-electron chi connectivity index (χ3n) is 5.63. The average Bonchev–Trinajstić information content (AvgIpc) is 2.96. The highest BCUT2D eigenvalue weighted by Crippen LogP contribution is 2.52. The van der Waals surface area contributed by atoms with E-state index in [2.05, 4.69) is 27.3 Å². The third-order valence-corrected chi connectivity index (χ3v) is 5.63. The number of methoxy groups -OCH3 is 2. The van der Waals surface area contributed by atoms with Gasteiger partial charge in [-0.3, -0.25) is 4.90 Å². The van der Waals surface area contributed by atoms with Gasteiger partial charge >= 0.3 is 0 Å². The minimum atomic E-state index is 0.0819. The van der Waals surface area contributed by atoms with E-state index in [0.717, 1.165) is 42.4 Å². The third kappa shape index (κ3) is 2.20. The number of aryl methyl sites for hydroxylation is 1. The summed E-state index contributed by atoms with van der Waals surface area (Å²) < 4.78 is 15.9. The summed E-state index contributed by atoms with van der Waals surface area (Å²) >= 11 is 0. The lowest BCUT2D eigenvalue weighted by molar-refractivity contribution is -0.00645. The van der Waals surface area contributed by atoms with Gasteiger partial charge in [-0.1, -0.05) is 10.3 Å². The van der Waals surface area contributed by atoms with Crippen molar-refractivity contribution >= 4 is 0 Å². The lowest BCUT2D eigenvalue weighted by Gasteiger charge is -2.54. The van der Waals surface area contributed by atoms with Crippen LogP contribution < -0.4 is 9.47 Å². The number of aromatic nitrogens is 2. The first kappa shape index (κ1) is 15.4. The van der Waals surface area contributed by atoms with Gasteiger partial charge in [0, 0.05) is 18.6 Å². The minimum Gasteiger partial charge on any atom is -0.493 e. The number of fused-ring (bicyclic) bond motifs is 2. The van der Waals surface area contributed by atoms with Crippen LogP contribution in [-0.2, 0) is 18.5 Å². The van der Waals surface area contributed by atoms with Crippen molar-refractivity contribution in [2.45, 2.75) is 44.7 Å². The molecule has 1 aromatic carbocycles. The molecule has 1 fully saturated rings. The van der Waals surface area contributed by atoms with Crippen LogP contribution >= 0.6 is 0 Å². The Kier molecular flexibility index (Phi) is 3.72. The SMILES string of the molecule is COc1cc2c(cc1OC)C1(CCC1)N(Cc1nonc1C)CC2. The van der Waals surface area contributed by atoms with E-state index in [1.807, 2.05) is 6.92 Å². The van der Waals surface area contributed by atoms with Crippen molar-refractivity contribution in [3.05, 3.63) is 34.6 Å². The highest BCUT2D eigenvalue weighted by atomic mass is 16.6. The van der Waals surface area contributed by atoms with Crippen LogP contribution in [0.3, 0.4) is 0 Å². The fourth-order valence-corrected chi connectivity index (χ4v) is 4.10. The lowest BCUT2D eigenvalue weighted by Crippen LogP contribution is -2.54. The molecule has 2 aromatic rings. The Morgan fingerprint density at radius 2 is 1.92 bits per heavy atom. The van der Waals surface area contributed by atoms with Crippen LogP contribution in [0.2, 0.25) is 0 Å². The second-order valence-corrected chi connectivity index (χ2v) is 6.72. The first-order valence-electron chi connectivity index (χ1n) is 8.46. The van der Waals surface area contributed by atoms with Crippen molar-refractivity contribution in [3.8, 4) is 11.5 Å². The second kappa shape index (κ2) is 5.77. The van der Waals surface area contributed by atoms with E-state index in [1.54, 1.807) is 14.2 Å². The normalized spacial score (nSPS) is 19.0. The molecule has 0 atom stereocenters. The summed E-state index contributed by atoms with van der Waals surface area (Å²) in [6, 6.07) is 4.32. The van der Waals surface area contributed by atoms with Gasteiger partial charge in [-0.15, -0.1) is 0 Å². The Bertz CT molecular complexity index is 752. The van der Waals surface area contributed by atoms with Gasteiger partial charge in [-0.05, 0) is 55.9 Å². The summed E-state index contributed by atoms with van der Waals surface area (Å²) in [6.07, 6.45) is 4.59. The highest BCUT2D eigenvalue weighted by Gasteiger charge is 2.47. The monoisotopic (exact) mass is 329 g/mol. The molecule has 24 heavy (non-hydrogen) atoms. The zero-order valence-corrected chi connectivity index (χ0v) is 14.5. The van der Waals surface area contributed by atoms with Crippen LogP contribution in [0.4, 0.5) is 0 Å². The van der Waals surface area contributed by atoms with Crippen molar-refractivity contribution in [3.63, 3.8) is 0 Å². The molecule has 6 nitrogen and oxygen atoms in total. The van der Waals surface area contributed by atoms with Gasteiger partial charge in [0.05, 0.1) is 14.2 Å². The molecule has 0 radical (unpaired) electrons. The van der Waals surface area contributed by atoms with Gasteiger partial charge in [0.1, 0.15) is 11.4 Å². The van der Waals surface area contributed by atoms with Crippen LogP contribution in [0, 0.1) is 6.92 Å². The summed E-state index contributed by atoms with van der Waals surface area (Å²) in [6.45, 7) is 3.74. The number of nitrogens with zero attached hydrogens (tertiary/aromatic N) is 3. The van der Waals surface area contributed by atoms with Crippen molar-refractivity contribution < 1.29 is 14.1 Å². The molecule has 0 bridgehead atoms. The first-order valence-corrected chi connectivity index (χ1v) is 8.46. The fourth-order valence-electron chi connectivity index (χ4n) is 4.10. The highest BCUT2D eigenvalue weighted by molar-refractivity contribution is 5.51. The van der Waals surface area contributed by atoms with Crippen LogP contribution in [-0.4, -0.2) is 36.0 Å². The number of hydrogen-bond acceptors (Lipinski definition) is 6. The summed E-state index contributed by atoms with van der Waals surface area (Å²) in [7, 11) is 3.39. The predicted octanol–water partition coefficient (Wildman–Crippen LogP) is 2.83. The molecular formula is C18H23N3O3. The van der Waals surface area contributed by atoms with Crippen molar-refractivity contribution in [1.82, 2.24) is 15.2 Å². The molecule has 0 unspecified atom stereocenters. The van der Waals surface area contributed by atoms with Gasteiger partial charge in [-0.2, -0.15) is 0 Å². The van der Waals surface area contributed by atoms with Gasteiger partial charge in [0.2, 0.25) is 0 Å². The first-order chi connectivity index (χ1) is 11.7. The van der Waals surface area contributed by atoms with Crippen LogP contribution in [0.25, 0.3) is 0 Å². The lowest BCUT2D eigenvalue weighted by atomic mass is 9.66. The molecule has 6 heteroatoms. The summed E-state index contributed by atoms with van der Waals surface area (Å²) in [5, 5.41) is 8.00. The standard InChI is InChI=1S/C18H23N3O3/c1-12-15(20-24-19-12)11-21-8-5-13-9-16(22-2)17(23-3)10-14(13)18(21)6-4-7-18/h9-10H,4-8,11H2,1-3H3. The average molecular weight is 329 g/mol. The van der Waals surface area contributed by atoms with Gasteiger partial charge < -0.3 is 9.47 Å². The molecule has 2 aliphatic rings. The van der Waals surface area contributed by atoms with E-state index in [0.29, 0.717) is 0 Å². The number of hydrogen-bond donors (Lipinski definition) is 0. The van der Waals surface area contributed by atoms with E-state index in [4.69, 9.17) is 14.1 Å². The molecule has 1 aliphatic carbocycles. The number of ether oxygens (including phenoxy) is 2. The quantitative estimate of drug-likeness (QED) is 0.859. The Balaban J connectivity index is 1.73. The molecule has 1 aliphatic heterocycles. The molecule has 0 amide bonds. The van der Waals surface area contributed by atoms with E-state index in [1.165, 1.54) is 30.4 Å². The summed E-state index contributed by atoms with van der Waals surface area (Å²) in [4.78, 5) is 2.54. The molecule has 2 heterocycles. The topological polar surface area (TPSA) is 60.6 Å². The van der Waals surface area contributed by atoms with Crippen LogP contribution in [0.15, 0.2) is 16.8 Å². The molecule has 4 rings (SSSR count). The van der Waals surface area contributed by atoms with Gasteiger partial charge in [0.25, 0.3) is 0 Å². The maximum atomic E-state index is 5.54. The number of rotatable bonds is 4. The zero-order chi connectivity index (χ0) is 16.7. The molecule has 0 N–H and O–H groups in total. The van der Waals surface area contributed by atoms with Crippen LogP contribution in [0.5, 0.6) is 11.5 Å². The molecule has 1 saturated carbocycles. The Hall–Kier alpha value is -2.08. The predicted molar refractivity (Wildman–Crippen MR) is 88.2 cm³/mol. The summed E-state index contributed by atoms with van der Waals surface area (Å²) in [5.74, 6) is 1.62. The number of benzene rings is 1. The Labute approximate surface area is 141 Å². The maximum absolute atomic E-state index is 5.54. The Morgan fingerprint density at radius 1 is 1.17 bits per heavy atom. The Morgan fingerprint density at radius 3 is 2.50 bits per heavy atom. The molecular weight excluding hydrogens is 306 g/mol. The molecule has 128 valence electrons. The van der Waals surface area contributed by atoms with Crippen molar-refractivity contribution in [2.75, 3.05) is 20.8 Å². The molecule has 0 saturated heterocycles. The van der Waals surface area contributed by atoms with Crippen molar-refractivity contribution in [1.29, 1.82) is 0 Å². The van der Waals surface area contributed by atoms with E-state index >= 15 is 0 Å². The second-order valence-electron chi connectivity index (χ2n) is 6.72. The maximum Gasteiger partial charge on any atom is 0.161 e. The van der Waals surface area contributed by atoms with Gasteiger partial charge in [0.15, 0.2) is 11.5 Å². The summed E-state index contributed by atoms with van der Waals surface area (Å²) in [5.41, 5.74) is 4.65.